The predicted octanol–water partition coefficient (Wildman–Crippen LogP) is 3.32. The number of nitrogens with one attached hydrogen (secondary N) is 1. The van der Waals surface area contributed by atoms with Gasteiger partial charge in [0.2, 0.25) is 0 Å². The van der Waals surface area contributed by atoms with E-state index in [1.807, 2.05) is 25.1 Å². The molecule has 0 amide bonds. The van der Waals surface area contributed by atoms with Gasteiger partial charge in [-0.15, -0.1) is 0 Å². The molecule has 1 aliphatic heterocycles. The molecule has 0 unspecified atom stereocenters. The van der Waals surface area contributed by atoms with Gasteiger partial charge < -0.3 is 15.1 Å². The average Bonchev–Trinajstić information content (AvgIpc) is 2.60. The summed E-state index contributed by atoms with van der Waals surface area (Å²) < 4.78 is 14.0. The van der Waals surface area contributed by atoms with Crippen molar-refractivity contribution in [3.8, 4) is 0 Å². The summed E-state index contributed by atoms with van der Waals surface area (Å²) in [6.45, 7) is 10.3. The predicted molar refractivity (Wildman–Crippen MR) is 101 cm³/mol. The van der Waals surface area contributed by atoms with Crippen LogP contribution >= 0.6 is 0 Å². The highest BCUT2D eigenvalue weighted by molar-refractivity contribution is 5.53. The second kappa shape index (κ2) is 7.68. The summed E-state index contributed by atoms with van der Waals surface area (Å²) in [7, 11) is 0. The maximum absolute atomic E-state index is 14.0. The first kappa shape index (κ1) is 17.5. The maximum atomic E-state index is 14.0. The average molecular weight is 343 g/mol. The molecular formula is C19H26FN5. The summed E-state index contributed by atoms with van der Waals surface area (Å²) in [6.07, 6.45) is 0. The van der Waals surface area contributed by atoms with E-state index >= 15 is 0 Å². The van der Waals surface area contributed by atoms with E-state index < -0.39 is 0 Å². The van der Waals surface area contributed by atoms with Gasteiger partial charge >= 0.3 is 0 Å². The van der Waals surface area contributed by atoms with Crippen molar-refractivity contribution in [1.29, 1.82) is 0 Å². The lowest BCUT2D eigenvalue weighted by atomic mass is 10.2. The molecule has 1 N–H and O–H groups in total. The molecule has 134 valence electrons. The topological polar surface area (TPSA) is 44.3 Å². The van der Waals surface area contributed by atoms with Gasteiger partial charge in [-0.1, -0.05) is 26.0 Å². The van der Waals surface area contributed by atoms with E-state index in [-0.39, 0.29) is 5.82 Å². The molecule has 2 aromatic rings. The van der Waals surface area contributed by atoms with Crippen molar-refractivity contribution >= 4 is 17.3 Å². The Morgan fingerprint density at radius 1 is 1.08 bits per heavy atom. The van der Waals surface area contributed by atoms with Gasteiger partial charge in [0.05, 0.1) is 5.69 Å². The molecule has 0 radical (unpaired) electrons. The smallest absolute Gasteiger partial charge is 0.146 e. The van der Waals surface area contributed by atoms with Crippen molar-refractivity contribution in [1.82, 2.24) is 9.97 Å². The van der Waals surface area contributed by atoms with Gasteiger partial charge in [0.25, 0.3) is 0 Å². The summed E-state index contributed by atoms with van der Waals surface area (Å²) in [4.78, 5) is 13.4. The normalized spacial score (nSPS) is 14.9. The molecule has 1 aliphatic rings. The van der Waals surface area contributed by atoms with E-state index in [2.05, 4.69) is 38.9 Å². The zero-order chi connectivity index (χ0) is 17.8. The van der Waals surface area contributed by atoms with Crippen LogP contribution in [0.2, 0.25) is 0 Å². The molecular weight excluding hydrogens is 317 g/mol. The molecule has 1 aromatic heterocycles. The minimum atomic E-state index is -0.158. The molecule has 5 nitrogen and oxygen atoms in total. The third-order valence-corrected chi connectivity index (χ3v) is 4.31. The van der Waals surface area contributed by atoms with Crippen LogP contribution in [0.15, 0.2) is 30.3 Å². The number of aromatic nitrogens is 2. The Kier molecular flexibility index (Phi) is 5.36. The van der Waals surface area contributed by atoms with Gasteiger partial charge in [-0.05, 0) is 25.0 Å². The number of hydrogen-bond donors (Lipinski definition) is 1. The number of para-hydroxylation sites is 1. The lowest BCUT2D eigenvalue weighted by molar-refractivity contribution is 0.596. The van der Waals surface area contributed by atoms with Crippen LogP contribution in [0, 0.1) is 18.7 Å². The van der Waals surface area contributed by atoms with Gasteiger partial charge in [0.1, 0.15) is 23.3 Å². The van der Waals surface area contributed by atoms with E-state index in [0.717, 1.165) is 50.2 Å². The van der Waals surface area contributed by atoms with E-state index in [1.165, 1.54) is 6.07 Å². The zero-order valence-electron chi connectivity index (χ0n) is 15.2. The van der Waals surface area contributed by atoms with Gasteiger partial charge in [-0.3, -0.25) is 0 Å². The Labute approximate surface area is 148 Å². The number of hydrogen-bond acceptors (Lipinski definition) is 5. The minimum absolute atomic E-state index is 0.158. The molecule has 6 heteroatoms. The van der Waals surface area contributed by atoms with Crippen molar-refractivity contribution in [3.05, 3.63) is 42.0 Å². The molecule has 3 rings (SSSR count). The lowest BCUT2D eigenvalue weighted by Gasteiger charge is -2.37. The number of halogens is 1. The van der Waals surface area contributed by atoms with Gasteiger partial charge in [-0.25, -0.2) is 14.4 Å². The third kappa shape index (κ3) is 4.38. The zero-order valence-corrected chi connectivity index (χ0v) is 15.2. The molecule has 1 saturated heterocycles. The van der Waals surface area contributed by atoms with E-state index in [0.29, 0.717) is 11.6 Å². The first-order valence-electron chi connectivity index (χ1n) is 8.87. The molecule has 0 spiro atoms. The molecule has 0 atom stereocenters. The molecule has 0 aliphatic carbocycles. The Balaban J connectivity index is 1.67. The van der Waals surface area contributed by atoms with E-state index in [9.17, 15) is 4.39 Å². The fraction of sp³-hybridized carbons (Fsp3) is 0.474. The van der Waals surface area contributed by atoms with Crippen LogP contribution in [-0.2, 0) is 0 Å². The Morgan fingerprint density at radius 3 is 2.44 bits per heavy atom. The first-order valence-corrected chi connectivity index (χ1v) is 8.87. The van der Waals surface area contributed by atoms with E-state index in [1.54, 1.807) is 6.07 Å². The number of anilines is 3. The quantitative estimate of drug-likeness (QED) is 0.902. The van der Waals surface area contributed by atoms with Gasteiger partial charge in [-0.2, -0.15) is 0 Å². The summed E-state index contributed by atoms with van der Waals surface area (Å²) in [6, 6.07) is 8.97. The number of piperazine rings is 1. The van der Waals surface area contributed by atoms with Crippen LogP contribution in [0.1, 0.15) is 19.7 Å². The highest BCUT2D eigenvalue weighted by Crippen LogP contribution is 2.23. The van der Waals surface area contributed by atoms with Crippen molar-refractivity contribution in [2.75, 3.05) is 47.8 Å². The standard InChI is InChI=1S/C19H26FN5/c1-14(2)13-21-18-12-19(23-15(3)22-18)25-10-8-24(9-11-25)17-7-5-4-6-16(17)20/h4-7,12,14H,8-11,13H2,1-3H3,(H,21,22,23). The van der Waals surface area contributed by atoms with Gasteiger partial charge in [0, 0.05) is 38.8 Å². The summed E-state index contributed by atoms with van der Waals surface area (Å²) in [5.74, 6) is 2.97. The second-order valence-corrected chi connectivity index (χ2v) is 6.86. The highest BCUT2D eigenvalue weighted by atomic mass is 19.1. The van der Waals surface area contributed by atoms with Crippen molar-refractivity contribution in [2.45, 2.75) is 20.8 Å². The molecule has 2 heterocycles. The molecule has 0 bridgehead atoms. The van der Waals surface area contributed by atoms with Crippen LogP contribution in [0.25, 0.3) is 0 Å². The summed E-state index contributed by atoms with van der Waals surface area (Å²) >= 11 is 0. The van der Waals surface area contributed by atoms with Crippen LogP contribution in [0.4, 0.5) is 21.7 Å². The highest BCUT2D eigenvalue weighted by Gasteiger charge is 2.20. The Hall–Kier alpha value is -2.37. The Morgan fingerprint density at radius 2 is 1.76 bits per heavy atom. The first-order chi connectivity index (χ1) is 12.0. The molecule has 1 fully saturated rings. The second-order valence-electron chi connectivity index (χ2n) is 6.86. The lowest BCUT2D eigenvalue weighted by Crippen LogP contribution is -2.47. The molecule has 1 aromatic carbocycles. The van der Waals surface area contributed by atoms with Gasteiger partial charge in [0.15, 0.2) is 0 Å². The monoisotopic (exact) mass is 343 g/mol. The minimum Gasteiger partial charge on any atom is -0.370 e. The molecule has 25 heavy (non-hydrogen) atoms. The van der Waals surface area contributed by atoms with Crippen LogP contribution in [-0.4, -0.2) is 42.7 Å². The third-order valence-electron chi connectivity index (χ3n) is 4.31. The number of aryl methyl sites for hydroxylation is 1. The summed E-state index contributed by atoms with van der Waals surface area (Å²) in [5.41, 5.74) is 0.681. The maximum Gasteiger partial charge on any atom is 0.146 e. The Bertz CT molecular complexity index is 711. The van der Waals surface area contributed by atoms with E-state index in [4.69, 9.17) is 0 Å². The SMILES string of the molecule is Cc1nc(NCC(C)C)cc(N2CCN(c3ccccc3F)CC2)n1. The fourth-order valence-corrected chi connectivity index (χ4v) is 3.00. The molecule has 0 saturated carbocycles. The largest absolute Gasteiger partial charge is 0.370 e. The van der Waals surface area contributed by atoms with Crippen LogP contribution < -0.4 is 15.1 Å². The van der Waals surface area contributed by atoms with Crippen LogP contribution in [0.3, 0.4) is 0 Å². The number of benzene rings is 1. The van der Waals surface area contributed by atoms with Crippen molar-refractivity contribution < 1.29 is 4.39 Å². The summed E-state index contributed by atoms with van der Waals surface area (Å²) in [5, 5.41) is 3.37. The number of nitrogens with zero attached hydrogens (tertiary/aromatic N) is 4. The van der Waals surface area contributed by atoms with Crippen LogP contribution in [0.5, 0.6) is 0 Å². The van der Waals surface area contributed by atoms with Crippen molar-refractivity contribution in [3.63, 3.8) is 0 Å². The van der Waals surface area contributed by atoms with Crippen molar-refractivity contribution in [2.24, 2.45) is 5.92 Å². The number of rotatable bonds is 5. The fourth-order valence-electron chi connectivity index (χ4n) is 3.00.